The summed E-state index contributed by atoms with van der Waals surface area (Å²) in [6.07, 6.45) is 0.884. The van der Waals surface area contributed by atoms with Crippen molar-refractivity contribution in [2.45, 2.75) is 24.8 Å². The number of nitrogens with one attached hydrogen (secondary N) is 1. The molecule has 3 aromatic rings. The van der Waals surface area contributed by atoms with Crippen LogP contribution in [0, 0.1) is 0 Å². The van der Waals surface area contributed by atoms with Crippen LogP contribution in [0.4, 0.5) is 0 Å². The first kappa shape index (κ1) is 20.3. The number of benzene rings is 3. The van der Waals surface area contributed by atoms with Gasteiger partial charge in [0.25, 0.3) is 0 Å². The lowest BCUT2D eigenvalue weighted by Gasteiger charge is -2.32. The SMILES string of the molecule is COC(=O)C(Cc1ccccc1)(Cc1ccccc1)NC(=O)Cc1ccccc1. The summed E-state index contributed by atoms with van der Waals surface area (Å²) in [6.45, 7) is 0. The van der Waals surface area contributed by atoms with Gasteiger partial charge in [0.1, 0.15) is 5.54 Å². The van der Waals surface area contributed by atoms with Crippen LogP contribution in [0.2, 0.25) is 0 Å². The second kappa shape index (κ2) is 9.69. The van der Waals surface area contributed by atoms with Gasteiger partial charge >= 0.3 is 5.97 Å². The molecule has 0 atom stereocenters. The van der Waals surface area contributed by atoms with Crippen molar-refractivity contribution in [1.29, 1.82) is 0 Å². The molecule has 4 heteroatoms. The van der Waals surface area contributed by atoms with Gasteiger partial charge in [-0.1, -0.05) is 91.0 Å². The Bertz CT molecular complexity index is 883. The molecule has 3 rings (SSSR count). The average molecular weight is 387 g/mol. The Kier molecular flexibility index (Phi) is 6.80. The summed E-state index contributed by atoms with van der Waals surface area (Å²) >= 11 is 0. The smallest absolute Gasteiger partial charge is 0.332 e. The predicted octanol–water partition coefficient (Wildman–Crippen LogP) is 3.74. The Hall–Kier alpha value is -3.40. The van der Waals surface area contributed by atoms with Crippen LogP contribution >= 0.6 is 0 Å². The highest BCUT2D eigenvalue weighted by Crippen LogP contribution is 2.22. The summed E-state index contributed by atoms with van der Waals surface area (Å²) < 4.78 is 5.16. The van der Waals surface area contributed by atoms with Crippen molar-refractivity contribution in [2.24, 2.45) is 0 Å². The molecule has 0 fully saturated rings. The fraction of sp³-hybridized carbons (Fsp3) is 0.200. The van der Waals surface area contributed by atoms with Gasteiger partial charge in [0.05, 0.1) is 13.5 Å². The van der Waals surface area contributed by atoms with Crippen molar-refractivity contribution in [3.05, 3.63) is 108 Å². The topological polar surface area (TPSA) is 55.4 Å². The van der Waals surface area contributed by atoms with E-state index in [1.807, 2.05) is 91.0 Å². The third kappa shape index (κ3) is 5.55. The molecular weight excluding hydrogens is 362 g/mol. The van der Waals surface area contributed by atoms with Crippen LogP contribution in [0.25, 0.3) is 0 Å². The zero-order valence-electron chi connectivity index (χ0n) is 16.5. The van der Waals surface area contributed by atoms with Gasteiger partial charge in [0.2, 0.25) is 5.91 Å². The van der Waals surface area contributed by atoms with E-state index < -0.39 is 11.5 Å². The summed E-state index contributed by atoms with van der Waals surface area (Å²) in [7, 11) is 1.36. The molecule has 0 aliphatic carbocycles. The van der Waals surface area contributed by atoms with E-state index in [4.69, 9.17) is 4.74 Å². The molecule has 1 N–H and O–H groups in total. The second-order valence-corrected chi connectivity index (χ2v) is 7.11. The summed E-state index contributed by atoms with van der Waals surface area (Å²) in [5, 5.41) is 3.01. The molecule has 148 valence electrons. The minimum Gasteiger partial charge on any atom is -0.467 e. The van der Waals surface area contributed by atoms with Crippen LogP contribution in [0.1, 0.15) is 16.7 Å². The number of hydrogen-bond donors (Lipinski definition) is 1. The largest absolute Gasteiger partial charge is 0.467 e. The first-order valence-corrected chi connectivity index (χ1v) is 9.62. The first-order chi connectivity index (χ1) is 14.1. The Morgan fingerprint density at radius 2 is 1.14 bits per heavy atom. The first-order valence-electron chi connectivity index (χ1n) is 9.62. The van der Waals surface area contributed by atoms with Crippen LogP contribution in [0.15, 0.2) is 91.0 Å². The third-order valence-corrected chi connectivity index (χ3v) is 4.86. The van der Waals surface area contributed by atoms with Crippen molar-refractivity contribution >= 4 is 11.9 Å². The van der Waals surface area contributed by atoms with Gasteiger partial charge in [-0.05, 0) is 16.7 Å². The van der Waals surface area contributed by atoms with Crippen molar-refractivity contribution < 1.29 is 14.3 Å². The van der Waals surface area contributed by atoms with Crippen LogP contribution in [0.5, 0.6) is 0 Å². The zero-order chi connectivity index (χ0) is 20.5. The van der Waals surface area contributed by atoms with E-state index in [2.05, 4.69) is 5.32 Å². The van der Waals surface area contributed by atoms with Crippen molar-refractivity contribution in [3.63, 3.8) is 0 Å². The number of carbonyl (C=O) groups excluding carboxylic acids is 2. The Balaban J connectivity index is 1.92. The highest BCUT2D eigenvalue weighted by atomic mass is 16.5. The monoisotopic (exact) mass is 387 g/mol. The number of methoxy groups -OCH3 is 1. The minimum atomic E-state index is -1.19. The molecule has 0 aromatic heterocycles. The molecule has 29 heavy (non-hydrogen) atoms. The van der Waals surface area contributed by atoms with Crippen LogP contribution in [0.3, 0.4) is 0 Å². The van der Waals surface area contributed by atoms with Gasteiger partial charge in [-0.3, -0.25) is 4.79 Å². The number of amides is 1. The lowest BCUT2D eigenvalue weighted by molar-refractivity contribution is -0.151. The molecule has 0 heterocycles. The average Bonchev–Trinajstić information content (AvgIpc) is 2.75. The number of hydrogen-bond acceptors (Lipinski definition) is 3. The molecule has 0 saturated heterocycles. The highest BCUT2D eigenvalue weighted by Gasteiger charge is 2.41. The normalized spacial score (nSPS) is 10.9. The maximum atomic E-state index is 13.0. The quantitative estimate of drug-likeness (QED) is 0.599. The van der Waals surface area contributed by atoms with Gasteiger partial charge in [-0.15, -0.1) is 0 Å². The van der Waals surface area contributed by atoms with Gasteiger partial charge in [0.15, 0.2) is 0 Å². The molecule has 1 amide bonds. The van der Waals surface area contributed by atoms with E-state index in [-0.39, 0.29) is 12.3 Å². The van der Waals surface area contributed by atoms with Crippen molar-refractivity contribution in [2.75, 3.05) is 7.11 Å². The van der Waals surface area contributed by atoms with Crippen molar-refractivity contribution in [1.82, 2.24) is 5.32 Å². The number of carbonyl (C=O) groups is 2. The summed E-state index contributed by atoms with van der Waals surface area (Å²) in [5.74, 6) is -0.667. The van der Waals surface area contributed by atoms with Gasteiger partial charge in [0, 0.05) is 12.8 Å². The lowest BCUT2D eigenvalue weighted by atomic mass is 9.84. The summed E-state index contributed by atoms with van der Waals surface area (Å²) in [6, 6.07) is 28.8. The zero-order valence-corrected chi connectivity index (χ0v) is 16.5. The predicted molar refractivity (Wildman–Crippen MR) is 113 cm³/mol. The molecule has 0 aliphatic heterocycles. The minimum absolute atomic E-state index is 0.198. The van der Waals surface area contributed by atoms with Crippen LogP contribution in [-0.4, -0.2) is 24.5 Å². The van der Waals surface area contributed by atoms with Gasteiger partial charge < -0.3 is 10.1 Å². The maximum Gasteiger partial charge on any atom is 0.332 e. The Labute approximate surface area is 171 Å². The maximum absolute atomic E-state index is 13.0. The lowest BCUT2D eigenvalue weighted by Crippen LogP contribution is -2.58. The second-order valence-electron chi connectivity index (χ2n) is 7.11. The molecule has 0 radical (unpaired) electrons. The van der Waals surface area contributed by atoms with E-state index >= 15 is 0 Å². The third-order valence-electron chi connectivity index (χ3n) is 4.86. The standard InChI is InChI=1S/C25H25NO3/c1-29-24(28)25(18-21-13-7-3-8-14-21,19-22-15-9-4-10-16-22)26-23(27)17-20-11-5-2-6-12-20/h2-16H,17-19H2,1H3,(H,26,27). The van der Waals surface area contributed by atoms with Gasteiger partial charge in [-0.2, -0.15) is 0 Å². The van der Waals surface area contributed by atoms with Crippen LogP contribution in [-0.2, 0) is 33.6 Å². The van der Waals surface area contributed by atoms with E-state index in [1.54, 1.807) is 0 Å². The van der Waals surface area contributed by atoms with Gasteiger partial charge in [-0.25, -0.2) is 4.79 Å². The Morgan fingerprint density at radius 3 is 1.55 bits per heavy atom. The fourth-order valence-corrected chi connectivity index (χ4v) is 3.52. The van der Waals surface area contributed by atoms with E-state index in [1.165, 1.54) is 7.11 Å². The fourth-order valence-electron chi connectivity index (χ4n) is 3.52. The van der Waals surface area contributed by atoms with E-state index in [0.29, 0.717) is 12.8 Å². The number of esters is 1. The molecule has 0 saturated carbocycles. The highest BCUT2D eigenvalue weighted by molar-refractivity contribution is 5.89. The van der Waals surface area contributed by atoms with Crippen LogP contribution < -0.4 is 5.32 Å². The van der Waals surface area contributed by atoms with Crippen molar-refractivity contribution in [3.8, 4) is 0 Å². The summed E-state index contributed by atoms with van der Waals surface area (Å²) in [5.41, 5.74) is 1.61. The molecule has 0 bridgehead atoms. The number of rotatable bonds is 8. The summed E-state index contributed by atoms with van der Waals surface area (Å²) in [4.78, 5) is 25.9. The Morgan fingerprint density at radius 1 is 0.724 bits per heavy atom. The number of ether oxygens (including phenoxy) is 1. The molecule has 0 aliphatic rings. The van der Waals surface area contributed by atoms with E-state index in [0.717, 1.165) is 16.7 Å². The molecule has 3 aromatic carbocycles. The molecule has 4 nitrogen and oxygen atoms in total. The molecular formula is C25H25NO3. The van der Waals surface area contributed by atoms with E-state index in [9.17, 15) is 9.59 Å². The molecule has 0 unspecified atom stereocenters. The molecule has 0 spiro atoms.